The Bertz CT molecular complexity index is 1370. The van der Waals surface area contributed by atoms with Crippen molar-refractivity contribution in [2.75, 3.05) is 0 Å². The fourth-order valence-corrected chi connectivity index (χ4v) is 6.17. The number of hydrogen-bond acceptors (Lipinski definition) is 7. The van der Waals surface area contributed by atoms with Gasteiger partial charge in [-0.2, -0.15) is 0 Å². The van der Waals surface area contributed by atoms with E-state index in [-0.39, 0.29) is 5.75 Å². The van der Waals surface area contributed by atoms with Crippen molar-refractivity contribution in [1.29, 1.82) is 0 Å². The number of hydrogen-bond donors (Lipinski definition) is 5. The zero-order valence-electron chi connectivity index (χ0n) is 21.1. The lowest BCUT2D eigenvalue weighted by atomic mass is 9.86. The summed E-state index contributed by atoms with van der Waals surface area (Å²) in [5.74, 6) is -12.9. The van der Waals surface area contributed by atoms with E-state index in [0.717, 1.165) is 5.56 Å². The fourth-order valence-electron chi connectivity index (χ4n) is 3.84. The first-order valence-electron chi connectivity index (χ1n) is 11.4. The van der Waals surface area contributed by atoms with E-state index in [2.05, 4.69) is 0 Å². The molecule has 0 aliphatic heterocycles. The van der Waals surface area contributed by atoms with Gasteiger partial charge in [-0.3, -0.25) is 0 Å². The third kappa shape index (κ3) is 7.75. The molecule has 0 unspecified atom stereocenters. The first-order valence-corrected chi connectivity index (χ1v) is 14.0. The topological polar surface area (TPSA) is 213 Å². The third-order valence-corrected chi connectivity index (χ3v) is 9.86. The average molecular weight is 723 g/mol. The summed E-state index contributed by atoms with van der Waals surface area (Å²) in [4.78, 5) is 71.1. The molecule has 12 nitrogen and oxygen atoms in total. The molecule has 232 valence electrons. The van der Waals surface area contributed by atoms with Gasteiger partial charge in [-0.05, 0) is 19.1 Å². The van der Waals surface area contributed by atoms with Crippen molar-refractivity contribution in [1.82, 2.24) is 0 Å². The van der Waals surface area contributed by atoms with Gasteiger partial charge in [0.1, 0.15) is 5.75 Å². The number of alkyl halides is 6. The molecule has 0 atom stereocenters. The molecule has 18 heteroatoms. The lowest BCUT2D eigenvalue weighted by molar-refractivity contribution is 0.0597. The van der Waals surface area contributed by atoms with Gasteiger partial charge in [0.2, 0.25) is 0 Å². The Hall–Kier alpha value is -3.00. The molecular formula is C25H18Cl6O12. The summed E-state index contributed by atoms with van der Waals surface area (Å²) < 4.78 is 4.91. The van der Waals surface area contributed by atoms with Crippen LogP contribution in [0.15, 0.2) is 24.3 Å². The van der Waals surface area contributed by atoms with Crippen molar-refractivity contribution in [3.63, 3.8) is 0 Å². The minimum atomic E-state index is -2.22. The van der Waals surface area contributed by atoms with E-state index < -0.39 is 101 Å². The van der Waals surface area contributed by atoms with Gasteiger partial charge >= 0.3 is 35.8 Å². The molecule has 2 aromatic carbocycles. The number of esters is 1. The lowest BCUT2D eigenvalue weighted by Gasteiger charge is -2.37. The van der Waals surface area contributed by atoms with Gasteiger partial charge in [0.05, 0.1) is 65.6 Å². The fraction of sp³-hybridized carbons (Fsp3) is 0.280. The highest BCUT2D eigenvalue weighted by Gasteiger charge is 2.47. The highest BCUT2D eigenvalue weighted by atomic mass is 35.5. The summed E-state index contributed by atoms with van der Waals surface area (Å²) >= 11 is 35.3. The van der Waals surface area contributed by atoms with Crippen LogP contribution in [0.5, 0.6) is 5.75 Å². The van der Waals surface area contributed by atoms with Crippen LogP contribution in [-0.2, 0) is 0 Å². The number of carbonyl (C=O) groups excluding carboxylic acids is 1. The van der Waals surface area contributed by atoms with Crippen LogP contribution in [-0.4, -0.2) is 93.6 Å². The molecule has 5 N–H and O–H groups in total. The number of carbonyl (C=O) groups is 6. The minimum absolute atomic E-state index is 0.195. The van der Waals surface area contributed by atoms with Crippen LogP contribution in [0.3, 0.4) is 0 Å². The second kappa shape index (κ2) is 14.7. The standard InChI is InChI=1S/C19H12O12.C6H6Cl6/c1-6-2-4-7(5-3-6)31-19(30)13-11(17(26)27)9(15(22)23)8(14(20)21)10(16(24)25)12(13)18(28)29;7-1-2(8)4(10)6(12)5(11)3(1)9/h2-5H,1H3,(H,20,21)(H,22,23)(H,24,25)(H,26,27)(H,28,29);1-6H. The summed E-state index contributed by atoms with van der Waals surface area (Å²) in [6.45, 7) is 1.69. The Labute approximate surface area is 271 Å². The number of benzene rings is 2. The van der Waals surface area contributed by atoms with Gasteiger partial charge in [0, 0.05) is 0 Å². The van der Waals surface area contributed by atoms with Crippen molar-refractivity contribution in [2.45, 2.75) is 39.2 Å². The summed E-state index contributed by atoms with van der Waals surface area (Å²) in [5, 5.41) is 44.4. The average Bonchev–Trinajstić information content (AvgIpc) is 2.93. The lowest BCUT2D eigenvalue weighted by Crippen LogP contribution is -2.52. The smallest absolute Gasteiger partial charge is 0.345 e. The molecule has 1 aliphatic rings. The van der Waals surface area contributed by atoms with E-state index >= 15 is 0 Å². The molecule has 1 aliphatic carbocycles. The van der Waals surface area contributed by atoms with Gasteiger partial charge in [-0.15, -0.1) is 69.6 Å². The zero-order chi connectivity index (χ0) is 33.1. The largest absolute Gasteiger partial charge is 0.478 e. The van der Waals surface area contributed by atoms with Crippen molar-refractivity contribution in [3.8, 4) is 5.75 Å². The van der Waals surface area contributed by atoms with Crippen molar-refractivity contribution >= 4 is 105 Å². The molecule has 0 radical (unpaired) electrons. The van der Waals surface area contributed by atoms with Gasteiger partial charge in [0.15, 0.2) is 0 Å². The Morgan fingerprint density at radius 3 is 0.953 bits per heavy atom. The normalized spacial score (nSPS) is 22.9. The number of halogens is 6. The van der Waals surface area contributed by atoms with E-state index in [0.29, 0.717) is 0 Å². The molecule has 0 heterocycles. The molecular weight excluding hydrogens is 705 g/mol. The van der Waals surface area contributed by atoms with Crippen molar-refractivity contribution < 1.29 is 59.0 Å². The van der Waals surface area contributed by atoms with Gasteiger partial charge in [-0.25, -0.2) is 28.8 Å². The highest BCUT2D eigenvalue weighted by Crippen LogP contribution is 2.40. The number of ether oxygens (including phenoxy) is 1. The van der Waals surface area contributed by atoms with E-state index in [1.807, 2.05) is 0 Å². The van der Waals surface area contributed by atoms with E-state index in [1.165, 1.54) is 24.3 Å². The van der Waals surface area contributed by atoms with E-state index in [9.17, 15) is 54.3 Å². The van der Waals surface area contributed by atoms with Crippen LogP contribution in [0.4, 0.5) is 0 Å². The van der Waals surface area contributed by atoms with Crippen LogP contribution in [0.1, 0.15) is 67.7 Å². The molecule has 0 bridgehead atoms. The maximum absolute atomic E-state index is 12.7. The molecule has 1 saturated carbocycles. The quantitative estimate of drug-likeness (QED) is 0.139. The summed E-state index contributed by atoms with van der Waals surface area (Å²) in [5.41, 5.74) is -8.54. The van der Waals surface area contributed by atoms with Crippen molar-refractivity contribution in [3.05, 3.63) is 63.2 Å². The molecule has 1 fully saturated rings. The van der Waals surface area contributed by atoms with Gasteiger partial charge in [0.25, 0.3) is 0 Å². The Balaban J connectivity index is 0.000000448. The van der Waals surface area contributed by atoms with Crippen LogP contribution in [0, 0.1) is 6.92 Å². The maximum atomic E-state index is 12.7. The SMILES string of the molecule is Cc1ccc(OC(=O)c2c(C(=O)O)c(C(=O)O)c(C(=O)O)c(C(=O)O)c2C(=O)O)cc1.ClC1C(Cl)C(Cl)C(Cl)C(Cl)C1Cl. The van der Waals surface area contributed by atoms with E-state index in [1.54, 1.807) is 6.92 Å². The molecule has 0 spiro atoms. The zero-order valence-corrected chi connectivity index (χ0v) is 25.7. The minimum Gasteiger partial charge on any atom is -0.478 e. The second-order valence-corrected chi connectivity index (χ2v) is 11.7. The Morgan fingerprint density at radius 1 is 0.488 bits per heavy atom. The predicted molar refractivity (Wildman–Crippen MR) is 155 cm³/mol. The highest BCUT2D eigenvalue weighted by molar-refractivity contribution is 6.45. The second-order valence-electron chi connectivity index (χ2n) is 8.64. The number of carboxylic acids is 5. The van der Waals surface area contributed by atoms with Gasteiger partial charge in [-0.1, -0.05) is 17.7 Å². The summed E-state index contributed by atoms with van der Waals surface area (Å²) in [7, 11) is 0. The Kier molecular flexibility index (Phi) is 12.3. The number of aromatic carboxylic acids is 5. The molecule has 3 rings (SSSR count). The maximum Gasteiger partial charge on any atom is 0.345 e. The summed E-state index contributed by atoms with van der Waals surface area (Å²) in [6, 6.07) is 5.49. The van der Waals surface area contributed by atoms with Crippen LogP contribution in [0.2, 0.25) is 0 Å². The van der Waals surface area contributed by atoms with Crippen molar-refractivity contribution in [2.24, 2.45) is 0 Å². The Morgan fingerprint density at radius 2 is 0.721 bits per heavy atom. The number of rotatable bonds is 7. The first-order chi connectivity index (χ1) is 19.8. The number of carboxylic acid groups (broad SMARTS) is 5. The first kappa shape index (κ1) is 36.2. The van der Waals surface area contributed by atoms with Gasteiger partial charge < -0.3 is 30.3 Å². The monoisotopic (exact) mass is 720 g/mol. The predicted octanol–water partition coefficient (Wildman–Crippen LogP) is 5.35. The molecule has 0 aromatic heterocycles. The van der Waals surface area contributed by atoms with E-state index in [4.69, 9.17) is 74.3 Å². The van der Waals surface area contributed by atoms with Crippen LogP contribution >= 0.6 is 69.6 Å². The molecule has 0 amide bonds. The molecule has 0 saturated heterocycles. The third-order valence-electron chi connectivity index (χ3n) is 5.83. The van der Waals surface area contributed by atoms with Crippen LogP contribution in [0.25, 0.3) is 0 Å². The summed E-state index contributed by atoms with van der Waals surface area (Å²) in [6.07, 6.45) is 0. The molecule has 2 aromatic rings. The van der Waals surface area contributed by atoms with Crippen LogP contribution < -0.4 is 4.74 Å². The number of aryl methyl sites for hydroxylation is 1. The molecule has 43 heavy (non-hydrogen) atoms.